The number of benzene rings is 1. The molecule has 1 heterocycles. The highest BCUT2D eigenvalue weighted by molar-refractivity contribution is 5.66. The molecule has 7 heteroatoms. The molecule has 0 amide bonds. The summed E-state index contributed by atoms with van der Waals surface area (Å²) >= 11 is 0. The van der Waals surface area contributed by atoms with Crippen LogP contribution in [0.15, 0.2) is 18.2 Å². The van der Waals surface area contributed by atoms with Gasteiger partial charge in [-0.2, -0.15) is 0 Å². The maximum absolute atomic E-state index is 11.5. The molecule has 1 saturated heterocycles. The van der Waals surface area contributed by atoms with E-state index < -0.39 is 6.10 Å². The van der Waals surface area contributed by atoms with Gasteiger partial charge in [-0.05, 0) is 82.7 Å². The molecular formula is C23H37NO6. The summed E-state index contributed by atoms with van der Waals surface area (Å²) in [5.41, 5.74) is 0.984. The molecule has 3 atom stereocenters. The number of esters is 1. The molecule has 0 aliphatic carbocycles. The Kier molecular flexibility index (Phi) is 10.4. The number of ether oxygens (including phenoxy) is 2. The summed E-state index contributed by atoms with van der Waals surface area (Å²) in [5.74, 6) is 0.251. The number of rotatable bonds is 12. The number of aliphatic hydroxyl groups excluding tert-OH is 2. The fourth-order valence-electron chi connectivity index (χ4n) is 3.76. The van der Waals surface area contributed by atoms with Crippen molar-refractivity contribution in [1.29, 1.82) is 0 Å². The predicted octanol–water partition coefficient (Wildman–Crippen LogP) is 2.69. The lowest BCUT2D eigenvalue weighted by molar-refractivity contribution is -0.148. The van der Waals surface area contributed by atoms with Crippen molar-refractivity contribution >= 4 is 5.97 Å². The number of phenols is 1. The minimum Gasteiger partial charge on any atom is -0.504 e. The smallest absolute Gasteiger partial charge is 0.302 e. The van der Waals surface area contributed by atoms with Crippen LogP contribution in [-0.4, -0.2) is 58.8 Å². The van der Waals surface area contributed by atoms with Crippen LogP contribution >= 0.6 is 0 Å². The summed E-state index contributed by atoms with van der Waals surface area (Å²) in [6.07, 6.45) is 4.09. The topological polar surface area (TPSA) is 108 Å². The van der Waals surface area contributed by atoms with E-state index in [9.17, 15) is 20.1 Å². The highest BCUT2D eigenvalue weighted by atomic mass is 16.5. The Bertz CT molecular complexity index is 645. The minimum absolute atomic E-state index is 0.0954. The van der Waals surface area contributed by atoms with Crippen molar-refractivity contribution in [3.63, 3.8) is 0 Å². The van der Waals surface area contributed by atoms with Gasteiger partial charge >= 0.3 is 5.97 Å². The van der Waals surface area contributed by atoms with Crippen LogP contribution in [-0.2, 0) is 16.0 Å². The number of aryl methyl sites for hydroxylation is 1. The molecule has 0 bridgehead atoms. The molecule has 170 valence electrons. The van der Waals surface area contributed by atoms with E-state index in [1.54, 1.807) is 13.0 Å². The third-order valence-electron chi connectivity index (χ3n) is 5.39. The highest BCUT2D eigenvalue weighted by Gasteiger charge is 2.19. The van der Waals surface area contributed by atoms with Crippen molar-refractivity contribution in [1.82, 2.24) is 5.32 Å². The van der Waals surface area contributed by atoms with Crippen LogP contribution in [0.1, 0.15) is 64.4 Å². The van der Waals surface area contributed by atoms with Gasteiger partial charge in [-0.25, -0.2) is 0 Å². The van der Waals surface area contributed by atoms with E-state index in [0.717, 1.165) is 37.9 Å². The van der Waals surface area contributed by atoms with Crippen molar-refractivity contribution in [2.75, 3.05) is 13.1 Å². The van der Waals surface area contributed by atoms with Gasteiger partial charge in [0, 0.05) is 13.3 Å². The summed E-state index contributed by atoms with van der Waals surface area (Å²) < 4.78 is 11.4. The molecule has 0 saturated carbocycles. The predicted molar refractivity (Wildman–Crippen MR) is 115 cm³/mol. The number of aromatic hydroxyl groups is 1. The number of hydrogen-bond acceptors (Lipinski definition) is 7. The van der Waals surface area contributed by atoms with E-state index in [-0.39, 0.29) is 30.0 Å². The maximum Gasteiger partial charge on any atom is 0.302 e. The lowest BCUT2D eigenvalue weighted by Crippen LogP contribution is -2.34. The molecule has 1 aromatic carbocycles. The Morgan fingerprint density at radius 1 is 1.20 bits per heavy atom. The summed E-state index contributed by atoms with van der Waals surface area (Å²) in [7, 11) is 0. The SMILES string of the molecule is CC(=O)O[C@H](CCc1ccc(O)c(OC2CCNCC2)c1)C[C@@H](O)CCC[C@H](C)O. The van der Waals surface area contributed by atoms with Crippen LogP contribution in [0, 0.1) is 0 Å². The third-order valence-corrected chi connectivity index (χ3v) is 5.39. The highest BCUT2D eigenvalue weighted by Crippen LogP contribution is 2.30. The van der Waals surface area contributed by atoms with E-state index in [0.29, 0.717) is 37.9 Å². The van der Waals surface area contributed by atoms with E-state index >= 15 is 0 Å². The Hall–Kier alpha value is -1.83. The van der Waals surface area contributed by atoms with E-state index in [1.165, 1.54) is 6.92 Å². The minimum atomic E-state index is -0.577. The summed E-state index contributed by atoms with van der Waals surface area (Å²) in [5, 5.41) is 33.0. The van der Waals surface area contributed by atoms with Crippen LogP contribution in [0.4, 0.5) is 0 Å². The second-order valence-corrected chi connectivity index (χ2v) is 8.31. The molecule has 1 aliphatic heterocycles. The molecule has 2 rings (SSSR count). The lowest BCUT2D eigenvalue weighted by Gasteiger charge is -2.24. The largest absolute Gasteiger partial charge is 0.504 e. The van der Waals surface area contributed by atoms with Crippen molar-refractivity contribution in [2.24, 2.45) is 0 Å². The van der Waals surface area contributed by atoms with Gasteiger partial charge in [-0.3, -0.25) is 4.79 Å². The van der Waals surface area contributed by atoms with Crippen molar-refractivity contribution in [3.8, 4) is 11.5 Å². The Morgan fingerprint density at radius 3 is 2.60 bits per heavy atom. The zero-order valence-corrected chi connectivity index (χ0v) is 18.2. The molecule has 0 unspecified atom stereocenters. The second-order valence-electron chi connectivity index (χ2n) is 8.31. The molecule has 1 aromatic rings. The first-order chi connectivity index (χ1) is 14.3. The van der Waals surface area contributed by atoms with Crippen LogP contribution in [0.2, 0.25) is 0 Å². The number of carbonyl (C=O) groups excluding carboxylic acids is 1. The first kappa shape index (κ1) is 24.4. The van der Waals surface area contributed by atoms with Gasteiger partial charge in [0.2, 0.25) is 0 Å². The molecule has 4 N–H and O–H groups in total. The van der Waals surface area contributed by atoms with Gasteiger partial charge in [-0.1, -0.05) is 6.07 Å². The van der Waals surface area contributed by atoms with Crippen molar-refractivity contribution < 1.29 is 29.6 Å². The quantitative estimate of drug-likeness (QED) is 0.383. The molecule has 0 radical (unpaired) electrons. The number of nitrogens with one attached hydrogen (secondary N) is 1. The van der Waals surface area contributed by atoms with Crippen LogP contribution < -0.4 is 10.1 Å². The van der Waals surface area contributed by atoms with Gasteiger partial charge < -0.3 is 30.1 Å². The second kappa shape index (κ2) is 12.8. The molecule has 0 spiro atoms. The molecular weight excluding hydrogens is 386 g/mol. The maximum atomic E-state index is 11.5. The van der Waals surface area contributed by atoms with Crippen molar-refractivity contribution in [2.45, 2.75) is 89.6 Å². The zero-order valence-electron chi connectivity index (χ0n) is 18.2. The van der Waals surface area contributed by atoms with Crippen LogP contribution in [0.3, 0.4) is 0 Å². The van der Waals surface area contributed by atoms with Gasteiger partial charge in [0.1, 0.15) is 12.2 Å². The number of carbonyl (C=O) groups is 1. The van der Waals surface area contributed by atoms with Gasteiger partial charge in [0.05, 0.1) is 12.2 Å². The Labute approximate surface area is 179 Å². The molecule has 0 aromatic heterocycles. The van der Waals surface area contributed by atoms with Gasteiger partial charge in [-0.15, -0.1) is 0 Å². The zero-order chi connectivity index (χ0) is 21.9. The van der Waals surface area contributed by atoms with Crippen LogP contribution in [0.5, 0.6) is 11.5 Å². The fourth-order valence-corrected chi connectivity index (χ4v) is 3.76. The normalized spacial score (nSPS) is 17.9. The van der Waals surface area contributed by atoms with E-state index in [2.05, 4.69) is 5.32 Å². The van der Waals surface area contributed by atoms with Crippen molar-refractivity contribution in [3.05, 3.63) is 23.8 Å². The first-order valence-electron chi connectivity index (χ1n) is 11.1. The fraction of sp³-hybridized carbons (Fsp3) is 0.696. The summed E-state index contributed by atoms with van der Waals surface area (Å²) in [6, 6.07) is 5.33. The molecule has 30 heavy (non-hydrogen) atoms. The van der Waals surface area contributed by atoms with Crippen LogP contribution in [0.25, 0.3) is 0 Å². The summed E-state index contributed by atoms with van der Waals surface area (Å²) in [6.45, 7) is 4.93. The number of aliphatic hydroxyl groups is 2. The van der Waals surface area contributed by atoms with Gasteiger partial charge in [0.25, 0.3) is 0 Å². The Balaban J connectivity index is 1.90. The average Bonchev–Trinajstić information content (AvgIpc) is 2.68. The number of piperidine rings is 1. The van der Waals surface area contributed by atoms with E-state index in [4.69, 9.17) is 9.47 Å². The molecule has 1 aliphatic rings. The van der Waals surface area contributed by atoms with Gasteiger partial charge in [0.15, 0.2) is 11.5 Å². The standard InChI is InChI=1S/C23H37NO6/c1-16(25)4-3-5-19(27)15-21(29-17(2)26)8-6-18-7-9-22(28)23(14-18)30-20-10-12-24-13-11-20/h7,9,14,16,19-21,24-25,27-28H,3-6,8,10-13,15H2,1-2H3/t16-,19-,21+/m0/s1. The first-order valence-corrected chi connectivity index (χ1v) is 11.1. The van der Waals surface area contributed by atoms with E-state index in [1.807, 2.05) is 12.1 Å². The Morgan fingerprint density at radius 2 is 1.93 bits per heavy atom. The lowest BCUT2D eigenvalue weighted by atomic mass is 9.99. The number of phenolic OH excluding ortho intramolecular Hbond substituents is 1. The third kappa shape index (κ3) is 9.32. The average molecular weight is 424 g/mol. The number of hydrogen-bond donors (Lipinski definition) is 4. The summed E-state index contributed by atoms with van der Waals surface area (Å²) in [4.78, 5) is 11.5. The monoisotopic (exact) mass is 423 g/mol. The molecule has 7 nitrogen and oxygen atoms in total. The molecule has 1 fully saturated rings.